The molecule has 110 valence electrons. The molecule has 1 aromatic carbocycles. The third kappa shape index (κ3) is 5.30. The number of carboxylic acid groups (broad SMARTS) is 1. The van der Waals surface area contributed by atoms with Gasteiger partial charge in [0.2, 0.25) is 0 Å². The molecule has 5 heteroatoms. The molecule has 0 aliphatic rings. The van der Waals surface area contributed by atoms with Crippen molar-refractivity contribution in [3.63, 3.8) is 0 Å². The molecular formula is C15H21NO4. The molecular weight excluding hydrogens is 258 g/mol. The zero-order valence-electron chi connectivity index (χ0n) is 11.9. The third-order valence-electron chi connectivity index (χ3n) is 2.85. The number of aliphatic carboxylic acids is 1. The number of rotatable bonds is 8. The van der Waals surface area contributed by atoms with Crippen molar-refractivity contribution in [1.82, 2.24) is 5.32 Å². The number of hydrogen-bond donors (Lipinski definition) is 2. The second kappa shape index (κ2) is 8.19. The average Bonchev–Trinajstić information content (AvgIpc) is 2.44. The Morgan fingerprint density at radius 3 is 2.45 bits per heavy atom. The zero-order valence-corrected chi connectivity index (χ0v) is 11.9. The predicted octanol–water partition coefficient (Wildman–Crippen LogP) is 2.46. The molecule has 1 atom stereocenters. The lowest BCUT2D eigenvalue weighted by molar-refractivity contribution is -0.138. The quantitative estimate of drug-likeness (QED) is 0.717. The number of carbonyl (C=O) groups excluding carboxylic acids is 1. The highest BCUT2D eigenvalue weighted by atomic mass is 16.5. The second-order valence-corrected chi connectivity index (χ2v) is 4.61. The van der Waals surface area contributed by atoms with Crippen LogP contribution in [0, 0.1) is 0 Å². The summed E-state index contributed by atoms with van der Waals surface area (Å²) in [7, 11) is 0. The van der Waals surface area contributed by atoms with Crippen LogP contribution in [0.5, 0.6) is 5.75 Å². The number of ether oxygens (including phenoxy) is 1. The molecule has 20 heavy (non-hydrogen) atoms. The lowest BCUT2D eigenvalue weighted by atomic mass is 10.2. The average molecular weight is 279 g/mol. The maximum absolute atomic E-state index is 11.8. The first kappa shape index (κ1) is 16.0. The highest BCUT2D eigenvalue weighted by molar-refractivity contribution is 5.96. The Labute approximate surface area is 118 Å². The normalized spacial score (nSPS) is 11.7. The number of carbonyl (C=O) groups is 2. The van der Waals surface area contributed by atoms with Crippen molar-refractivity contribution >= 4 is 11.9 Å². The van der Waals surface area contributed by atoms with Gasteiger partial charge in [0.05, 0.1) is 6.61 Å². The number of benzene rings is 1. The van der Waals surface area contributed by atoms with E-state index < -0.39 is 17.9 Å². The molecule has 0 spiro atoms. The van der Waals surface area contributed by atoms with Crippen molar-refractivity contribution in [3.05, 3.63) is 29.8 Å². The van der Waals surface area contributed by atoms with Gasteiger partial charge in [0.15, 0.2) is 0 Å². The molecule has 0 unspecified atom stereocenters. The van der Waals surface area contributed by atoms with Crippen LogP contribution in [0.3, 0.4) is 0 Å². The first-order valence-electron chi connectivity index (χ1n) is 6.81. The van der Waals surface area contributed by atoms with Gasteiger partial charge in [-0.05, 0) is 37.6 Å². The minimum absolute atomic E-state index is 0.405. The van der Waals surface area contributed by atoms with Gasteiger partial charge in [0.25, 0.3) is 5.91 Å². The number of amides is 1. The van der Waals surface area contributed by atoms with E-state index in [1.807, 2.05) is 0 Å². The summed E-state index contributed by atoms with van der Waals surface area (Å²) in [5.41, 5.74) is 0.416. The summed E-state index contributed by atoms with van der Waals surface area (Å²) in [4.78, 5) is 22.4. The van der Waals surface area contributed by atoms with Crippen LogP contribution < -0.4 is 10.1 Å². The van der Waals surface area contributed by atoms with Crippen LogP contribution in [0.2, 0.25) is 0 Å². The molecule has 0 saturated heterocycles. The Balaban J connectivity index is 2.49. The van der Waals surface area contributed by atoms with Crippen LogP contribution in [0.25, 0.3) is 0 Å². The van der Waals surface area contributed by atoms with E-state index in [4.69, 9.17) is 9.84 Å². The summed E-state index contributed by atoms with van der Waals surface area (Å²) in [6.07, 6.45) is 3.28. The van der Waals surface area contributed by atoms with E-state index in [0.29, 0.717) is 17.9 Å². The topological polar surface area (TPSA) is 75.6 Å². The van der Waals surface area contributed by atoms with E-state index in [2.05, 4.69) is 12.2 Å². The van der Waals surface area contributed by atoms with Crippen molar-refractivity contribution in [2.24, 2.45) is 0 Å². The van der Waals surface area contributed by atoms with Gasteiger partial charge in [-0.3, -0.25) is 9.59 Å². The Bertz CT molecular complexity index is 442. The molecule has 2 N–H and O–H groups in total. The lowest BCUT2D eigenvalue weighted by Crippen LogP contribution is -2.38. The van der Waals surface area contributed by atoms with Gasteiger partial charge >= 0.3 is 5.97 Å². The van der Waals surface area contributed by atoms with Crippen LogP contribution >= 0.6 is 0 Å². The van der Waals surface area contributed by atoms with Crippen LogP contribution in [0.4, 0.5) is 0 Å². The summed E-state index contributed by atoms with van der Waals surface area (Å²) in [5.74, 6) is -0.754. The van der Waals surface area contributed by atoms with E-state index in [1.54, 1.807) is 24.3 Å². The fourth-order valence-corrected chi connectivity index (χ4v) is 1.59. The van der Waals surface area contributed by atoms with Crippen LogP contribution in [-0.2, 0) is 4.79 Å². The summed E-state index contributed by atoms with van der Waals surface area (Å²) < 4.78 is 5.54. The molecule has 0 bridgehead atoms. The number of carboxylic acids is 1. The van der Waals surface area contributed by atoms with E-state index in [0.717, 1.165) is 19.3 Å². The Morgan fingerprint density at radius 2 is 1.90 bits per heavy atom. The minimum atomic E-state index is -1.06. The Hall–Kier alpha value is -2.04. The number of hydrogen-bond acceptors (Lipinski definition) is 3. The van der Waals surface area contributed by atoms with Gasteiger partial charge in [-0.15, -0.1) is 0 Å². The maximum Gasteiger partial charge on any atom is 0.325 e. The predicted molar refractivity (Wildman–Crippen MR) is 76.0 cm³/mol. The smallest absolute Gasteiger partial charge is 0.325 e. The van der Waals surface area contributed by atoms with Crippen molar-refractivity contribution in [2.45, 2.75) is 39.2 Å². The van der Waals surface area contributed by atoms with Crippen molar-refractivity contribution in [3.8, 4) is 5.75 Å². The molecule has 1 amide bonds. The number of unbranched alkanes of at least 4 members (excludes halogenated alkanes) is 2. The number of nitrogens with one attached hydrogen (secondary N) is 1. The van der Waals surface area contributed by atoms with Gasteiger partial charge in [0, 0.05) is 5.56 Å². The van der Waals surface area contributed by atoms with Gasteiger partial charge in [-0.25, -0.2) is 0 Å². The van der Waals surface area contributed by atoms with Crippen LogP contribution in [-0.4, -0.2) is 29.6 Å². The summed E-state index contributed by atoms with van der Waals surface area (Å²) >= 11 is 0. The van der Waals surface area contributed by atoms with Crippen LogP contribution in [0.15, 0.2) is 24.3 Å². The minimum Gasteiger partial charge on any atom is -0.494 e. The van der Waals surface area contributed by atoms with Crippen molar-refractivity contribution in [2.75, 3.05) is 6.61 Å². The van der Waals surface area contributed by atoms with Gasteiger partial charge in [-0.1, -0.05) is 19.8 Å². The summed E-state index contributed by atoms with van der Waals surface area (Å²) in [5, 5.41) is 11.1. The standard InChI is InChI=1S/C15H21NO4/c1-3-4-5-10-20-13-8-6-12(7-9-13)14(17)16-11(2)15(18)19/h6-9,11H,3-5,10H2,1-2H3,(H,16,17)(H,18,19)/t11-/m0/s1. The monoisotopic (exact) mass is 279 g/mol. The molecule has 1 rings (SSSR count). The molecule has 0 heterocycles. The highest BCUT2D eigenvalue weighted by Gasteiger charge is 2.14. The summed E-state index contributed by atoms with van der Waals surface area (Å²) in [6.45, 7) is 4.21. The van der Waals surface area contributed by atoms with E-state index in [1.165, 1.54) is 6.92 Å². The largest absolute Gasteiger partial charge is 0.494 e. The van der Waals surface area contributed by atoms with E-state index in [9.17, 15) is 9.59 Å². The zero-order chi connectivity index (χ0) is 15.0. The molecule has 0 saturated carbocycles. The molecule has 0 radical (unpaired) electrons. The molecule has 0 aliphatic carbocycles. The first-order chi connectivity index (χ1) is 9.54. The maximum atomic E-state index is 11.8. The molecule has 0 aromatic heterocycles. The molecule has 0 aliphatic heterocycles. The van der Waals surface area contributed by atoms with E-state index >= 15 is 0 Å². The van der Waals surface area contributed by atoms with Gasteiger partial charge in [-0.2, -0.15) is 0 Å². The van der Waals surface area contributed by atoms with Crippen LogP contribution in [0.1, 0.15) is 43.5 Å². The molecule has 0 fully saturated rings. The Kier molecular flexibility index (Phi) is 6.56. The highest BCUT2D eigenvalue weighted by Crippen LogP contribution is 2.13. The second-order valence-electron chi connectivity index (χ2n) is 4.61. The fraction of sp³-hybridized carbons (Fsp3) is 0.467. The third-order valence-corrected chi connectivity index (χ3v) is 2.85. The van der Waals surface area contributed by atoms with Gasteiger partial charge < -0.3 is 15.2 Å². The lowest BCUT2D eigenvalue weighted by Gasteiger charge is -2.10. The van der Waals surface area contributed by atoms with Gasteiger partial charge in [0.1, 0.15) is 11.8 Å². The fourth-order valence-electron chi connectivity index (χ4n) is 1.59. The van der Waals surface area contributed by atoms with E-state index in [-0.39, 0.29) is 0 Å². The SMILES string of the molecule is CCCCCOc1ccc(C(=O)N[C@@H](C)C(=O)O)cc1. The summed E-state index contributed by atoms with van der Waals surface area (Å²) in [6, 6.07) is 5.77. The molecule has 5 nitrogen and oxygen atoms in total. The first-order valence-corrected chi connectivity index (χ1v) is 6.81. The van der Waals surface area contributed by atoms with Crippen molar-refractivity contribution in [1.29, 1.82) is 0 Å². The molecule has 1 aromatic rings. The Morgan fingerprint density at radius 1 is 1.25 bits per heavy atom. The van der Waals surface area contributed by atoms with Crippen molar-refractivity contribution < 1.29 is 19.4 Å².